The van der Waals surface area contributed by atoms with Gasteiger partial charge >= 0.3 is 12.1 Å². The van der Waals surface area contributed by atoms with Gasteiger partial charge in [0.2, 0.25) is 0 Å². The lowest BCUT2D eigenvalue weighted by molar-refractivity contribution is -0.181. The molecule has 0 aromatic heterocycles. The van der Waals surface area contributed by atoms with Gasteiger partial charge in [0, 0.05) is 11.0 Å². The number of aliphatic carboxylic acids is 1. The number of carboxylic acids is 1. The van der Waals surface area contributed by atoms with Crippen LogP contribution in [0.2, 0.25) is 0 Å². The third-order valence-corrected chi connectivity index (χ3v) is 4.57. The molecule has 22 heavy (non-hydrogen) atoms. The molecule has 1 aliphatic carbocycles. The summed E-state index contributed by atoms with van der Waals surface area (Å²) in [6.07, 6.45) is -4.62. The minimum absolute atomic E-state index is 0.0663. The molecule has 1 aliphatic rings. The Bertz CT molecular complexity index is 612. The highest BCUT2D eigenvalue weighted by Crippen LogP contribution is 2.55. The summed E-state index contributed by atoms with van der Waals surface area (Å²) in [6, 6.07) is 1.63. The van der Waals surface area contributed by atoms with Gasteiger partial charge in [-0.25, -0.2) is 8.78 Å². The molecule has 2 unspecified atom stereocenters. The Kier molecular flexibility index (Phi) is 3.54. The molecule has 0 saturated heterocycles. The summed E-state index contributed by atoms with van der Waals surface area (Å²) in [5, 5.41) is 8.94. The van der Waals surface area contributed by atoms with E-state index in [1.165, 1.54) is 6.92 Å². The van der Waals surface area contributed by atoms with Crippen LogP contribution in [0.4, 0.5) is 22.0 Å². The lowest BCUT2D eigenvalue weighted by atomic mass is 9.81. The number of carboxylic acid groups (broad SMARTS) is 1. The van der Waals surface area contributed by atoms with Gasteiger partial charge in [-0.05, 0) is 38.0 Å². The summed E-state index contributed by atoms with van der Waals surface area (Å²) in [5.41, 5.74) is -4.62. The molecule has 1 saturated carbocycles. The van der Waals surface area contributed by atoms with Crippen molar-refractivity contribution in [1.82, 2.24) is 0 Å². The summed E-state index contributed by atoms with van der Waals surface area (Å²) >= 11 is 0. The SMILES string of the molecule is CC1(c2cc(F)c(C(C)(C)C(F)(F)F)c(F)c2)CC1C(=O)O. The van der Waals surface area contributed by atoms with E-state index >= 15 is 0 Å². The Morgan fingerprint density at radius 3 is 2.00 bits per heavy atom. The second-order valence-electron chi connectivity index (χ2n) is 6.45. The van der Waals surface area contributed by atoms with Crippen molar-refractivity contribution >= 4 is 5.97 Å². The topological polar surface area (TPSA) is 37.3 Å². The Morgan fingerprint density at radius 2 is 1.68 bits per heavy atom. The lowest BCUT2D eigenvalue weighted by Gasteiger charge is -2.29. The normalized spacial score (nSPS) is 25.2. The van der Waals surface area contributed by atoms with E-state index < -0.39 is 46.1 Å². The number of alkyl halides is 3. The quantitative estimate of drug-likeness (QED) is 0.848. The summed E-state index contributed by atoms with van der Waals surface area (Å²) in [7, 11) is 0. The zero-order valence-corrected chi connectivity index (χ0v) is 12.2. The molecular formula is C15H15F5O2. The molecule has 0 amide bonds. The molecule has 2 rings (SSSR count). The molecular weight excluding hydrogens is 307 g/mol. The molecule has 2 nitrogen and oxygen atoms in total. The van der Waals surface area contributed by atoms with E-state index in [2.05, 4.69) is 0 Å². The van der Waals surface area contributed by atoms with Crippen LogP contribution in [0, 0.1) is 17.6 Å². The van der Waals surface area contributed by atoms with Gasteiger partial charge in [0.15, 0.2) is 0 Å². The van der Waals surface area contributed by atoms with Crippen LogP contribution >= 0.6 is 0 Å². The smallest absolute Gasteiger partial charge is 0.398 e. The number of hydrogen-bond acceptors (Lipinski definition) is 1. The molecule has 7 heteroatoms. The van der Waals surface area contributed by atoms with Crippen molar-refractivity contribution in [2.75, 3.05) is 0 Å². The number of benzene rings is 1. The molecule has 1 N–H and O–H groups in total. The first-order valence-corrected chi connectivity index (χ1v) is 6.62. The Labute approximate surface area is 123 Å². The maximum absolute atomic E-state index is 14.1. The largest absolute Gasteiger partial charge is 0.481 e. The average Bonchev–Trinajstić information content (AvgIpc) is 3.00. The van der Waals surface area contributed by atoms with Crippen LogP contribution < -0.4 is 0 Å². The predicted octanol–water partition coefficient (Wildman–Crippen LogP) is 4.17. The highest BCUT2D eigenvalue weighted by Gasteiger charge is 2.57. The second kappa shape index (κ2) is 4.67. The van der Waals surface area contributed by atoms with Crippen LogP contribution in [0.25, 0.3) is 0 Å². The van der Waals surface area contributed by atoms with Gasteiger partial charge in [-0.2, -0.15) is 13.2 Å². The van der Waals surface area contributed by atoms with Crippen LogP contribution in [0.15, 0.2) is 12.1 Å². The third kappa shape index (κ3) is 2.36. The van der Waals surface area contributed by atoms with E-state index in [1.54, 1.807) is 0 Å². The number of rotatable bonds is 3. The van der Waals surface area contributed by atoms with Crippen molar-refractivity contribution in [2.45, 2.75) is 44.2 Å². The lowest BCUT2D eigenvalue weighted by Crippen LogP contribution is -2.38. The molecule has 0 bridgehead atoms. The fraction of sp³-hybridized carbons (Fsp3) is 0.533. The van der Waals surface area contributed by atoms with E-state index in [0.29, 0.717) is 13.8 Å². The highest BCUT2D eigenvalue weighted by molar-refractivity contribution is 5.77. The van der Waals surface area contributed by atoms with Crippen molar-refractivity contribution in [3.63, 3.8) is 0 Å². The summed E-state index contributed by atoms with van der Waals surface area (Å²) in [6.45, 7) is 2.93. The second-order valence-corrected chi connectivity index (χ2v) is 6.45. The zero-order chi connectivity index (χ0) is 17.1. The Balaban J connectivity index is 2.50. The van der Waals surface area contributed by atoms with Gasteiger partial charge in [0.1, 0.15) is 11.6 Å². The van der Waals surface area contributed by atoms with Gasteiger partial charge in [-0.3, -0.25) is 4.79 Å². The first kappa shape index (κ1) is 16.7. The van der Waals surface area contributed by atoms with Gasteiger partial charge in [-0.1, -0.05) is 6.92 Å². The number of carbonyl (C=O) groups is 1. The Hall–Kier alpha value is -1.66. The number of hydrogen-bond donors (Lipinski definition) is 1. The third-order valence-electron chi connectivity index (χ3n) is 4.57. The van der Waals surface area contributed by atoms with Gasteiger partial charge in [-0.15, -0.1) is 0 Å². The summed E-state index contributed by atoms with van der Waals surface area (Å²) < 4.78 is 67.2. The van der Waals surface area contributed by atoms with E-state index in [-0.39, 0.29) is 12.0 Å². The maximum atomic E-state index is 14.1. The molecule has 0 aliphatic heterocycles. The standard InChI is InChI=1S/C15H15F5O2/c1-13(2,15(18,19)20)11-9(16)4-7(5-10(11)17)14(3)6-8(14)12(21)22/h4-5,8H,6H2,1-3H3,(H,21,22). The first-order chi connectivity index (χ1) is 9.82. The minimum Gasteiger partial charge on any atom is -0.481 e. The molecule has 1 aromatic rings. The summed E-state index contributed by atoms with van der Waals surface area (Å²) in [5.74, 6) is -4.50. The molecule has 1 aromatic carbocycles. The van der Waals surface area contributed by atoms with Crippen molar-refractivity contribution in [1.29, 1.82) is 0 Å². The van der Waals surface area contributed by atoms with Crippen LogP contribution in [-0.4, -0.2) is 17.3 Å². The minimum atomic E-state index is -4.82. The predicted molar refractivity (Wildman–Crippen MR) is 68.5 cm³/mol. The molecule has 122 valence electrons. The average molecular weight is 322 g/mol. The van der Waals surface area contributed by atoms with Crippen LogP contribution in [0.3, 0.4) is 0 Å². The molecule has 2 atom stereocenters. The van der Waals surface area contributed by atoms with Crippen molar-refractivity contribution in [2.24, 2.45) is 5.92 Å². The molecule has 0 radical (unpaired) electrons. The van der Waals surface area contributed by atoms with Gasteiger partial charge in [0.05, 0.1) is 11.3 Å². The highest BCUT2D eigenvalue weighted by atomic mass is 19.4. The fourth-order valence-corrected chi connectivity index (χ4v) is 2.69. The first-order valence-electron chi connectivity index (χ1n) is 6.62. The molecule has 1 fully saturated rings. The Morgan fingerprint density at radius 1 is 1.23 bits per heavy atom. The van der Waals surface area contributed by atoms with Gasteiger partial charge < -0.3 is 5.11 Å². The van der Waals surface area contributed by atoms with Crippen LogP contribution in [-0.2, 0) is 15.6 Å². The van der Waals surface area contributed by atoms with Crippen LogP contribution in [0.1, 0.15) is 38.3 Å². The van der Waals surface area contributed by atoms with Gasteiger partial charge in [0.25, 0.3) is 0 Å². The number of halogens is 5. The monoisotopic (exact) mass is 322 g/mol. The molecule has 0 spiro atoms. The van der Waals surface area contributed by atoms with Crippen LogP contribution in [0.5, 0.6) is 0 Å². The zero-order valence-electron chi connectivity index (χ0n) is 12.2. The molecule has 0 heterocycles. The maximum Gasteiger partial charge on any atom is 0.398 e. The fourth-order valence-electron chi connectivity index (χ4n) is 2.69. The summed E-state index contributed by atoms with van der Waals surface area (Å²) in [4.78, 5) is 10.9. The van der Waals surface area contributed by atoms with E-state index in [0.717, 1.165) is 12.1 Å². The van der Waals surface area contributed by atoms with Crippen molar-refractivity contribution in [3.05, 3.63) is 34.9 Å². The van der Waals surface area contributed by atoms with E-state index in [4.69, 9.17) is 5.11 Å². The van der Waals surface area contributed by atoms with E-state index in [9.17, 15) is 26.7 Å². The van der Waals surface area contributed by atoms with Crippen molar-refractivity contribution < 1.29 is 31.9 Å². The van der Waals surface area contributed by atoms with Crippen molar-refractivity contribution in [3.8, 4) is 0 Å². The van der Waals surface area contributed by atoms with E-state index in [1.807, 2.05) is 0 Å².